The number of amides is 2. The van der Waals surface area contributed by atoms with Gasteiger partial charge in [-0.1, -0.05) is 60.5 Å². The molecule has 3 aromatic carbocycles. The molecule has 0 aliphatic heterocycles. The third kappa shape index (κ3) is 6.86. The summed E-state index contributed by atoms with van der Waals surface area (Å²) in [6.07, 6.45) is 0.204. The molecule has 206 valence electrons. The molecular formula is C26H26Cl2N4O6S. The Kier molecular flexibility index (Phi) is 9.90. The monoisotopic (exact) mass is 592 g/mol. The Morgan fingerprint density at radius 1 is 1.00 bits per heavy atom. The van der Waals surface area contributed by atoms with Crippen LogP contribution >= 0.6 is 23.2 Å². The van der Waals surface area contributed by atoms with Crippen molar-refractivity contribution in [2.75, 3.05) is 17.9 Å². The number of non-ortho nitro benzene ring substituents is 1. The molecule has 0 saturated heterocycles. The van der Waals surface area contributed by atoms with Gasteiger partial charge in [0, 0.05) is 41.3 Å². The number of carbonyl (C=O) groups excluding carboxylic acids is 2. The second kappa shape index (κ2) is 12.9. The van der Waals surface area contributed by atoms with E-state index in [4.69, 9.17) is 23.2 Å². The van der Waals surface area contributed by atoms with Gasteiger partial charge in [0.15, 0.2) is 0 Å². The van der Waals surface area contributed by atoms with Crippen LogP contribution in [0.4, 0.5) is 11.4 Å². The van der Waals surface area contributed by atoms with Crippen molar-refractivity contribution in [3.63, 3.8) is 0 Å². The minimum absolute atomic E-state index is 0.0925. The number of carbonyl (C=O) groups is 2. The van der Waals surface area contributed by atoms with Gasteiger partial charge in [0.25, 0.3) is 15.7 Å². The third-order valence-corrected chi connectivity index (χ3v) is 8.46. The molecule has 10 nitrogen and oxygen atoms in total. The zero-order chi connectivity index (χ0) is 28.7. The fraction of sp³-hybridized carbons (Fsp3) is 0.231. The Hall–Kier alpha value is -3.67. The fourth-order valence-electron chi connectivity index (χ4n) is 3.95. The molecule has 0 radical (unpaired) electrons. The molecule has 1 N–H and O–H groups in total. The standard InChI is InChI=1S/C26H26Cl2N4O6S/c1-3-24(26(34)29-2)30(16-21-22(27)13-8-14-23(21)28)25(33)17-31(18-9-7-10-19(15-18)32(35)36)39(37,38)20-11-5-4-6-12-20/h4-15,24H,3,16-17H2,1-2H3,(H,29,34). The first-order valence-electron chi connectivity index (χ1n) is 11.8. The van der Waals surface area contributed by atoms with E-state index in [1.54, 1.807) is 31.2 Å². The predicted octanol–water partition coefficient (Wildman–Crippen LogP) is 4.65. The van der Waals surface area contributed by atoms with Crippen molar-refractivity contribution in [1.29, 1.82) is 0 Å². The van der Waals surface area contributed by atoms with E-state index in [9.17, 15) is 28.1 Å². The highest BCUT2D eigenvalue weighted by Gasteiger charge is 2.34. The van der Waals surface area contributed by atoms with Crippen molar-refractivity contribution in [3.05, 3.63) is 98.5 Å². The van der Waals surface area contributed by atoms with E-state index in [1.807, 2.05) is 0 Å². The number of likely N-dealkylation sites (N-methyl/N-ethyl adjacent to an activating group) is 1. The first-order chi connectivity index (χ1) is 18.5. The second-order valence-electron chi connectivity index (χ2n) is 8.36. The number of hydrogen-bond donors (Lipinski definition) is 1. The number of rotatable bonds is 11. The highest BCUT2D eigenvalue weighted by Crippen LogP contribution is 2.30. The quantitative estimate of drug-likeness (QED) is 0.255. The average molecular weight is 593 g/mol. The van der Waals surface area contributed by atoms with E-state index < -0.39 is 39.3 Å². The van der Waals surface area contributed by atoms with Crippen LogP contribution in [0.2, 0.25) is 10.0 Å². The lowest BCUT2D eigenvalue weighted by molar-refractivity contribution is -0.384. The largest absolute Gasteiger partial charge is 0.357 e. The molecule has 3 aromatic rings. The minimum Gasteiger partial charge on any atom is -0.357 e. The van der Waals surface area contributed by atoms with Gasteiger partial charge in [-0.3, -0.25) is 24.0 Å². The number of nitrogens with one attached hydrogen (secondary N) is 1. The van der Waals surface area contributed by atoms with Gasteiger partial charge in [-0.15, -0.1) is 0 Å². The van der Waals surface area contributed by atoms with Crippen molar-refractivity contribution >= 4 is 56.4 Å². The van der Waals surface area contributed by atoms with Gasteiger partial charge in [-0.25, -0.2) is 8.42 Å². The van der Waals surface area contributed by atoms with Crippen LogP contribution in [-0.2, 0) is 26.2 Å². The predicted molar refractivity (Wildman–Crippen MR) is 149 cm³/mol. The summed E-state index contributed by atoms with van der Waals surface area (Å²) < 4.78 is 28.3. The number of nitrogens with zero attached hydrogens (tertiary/aromatic N) is 3. The van der Waals surface area contributed by atoms with Gasteiger partial charge in [0.2, 0.25) is 11.8 Å². The fourth-order valence-corrected chi connectivity index (χ4v) is 5.89. The van der Waals surface area contributed by atoms with Gasteiger partial charge in [-0.2, -0.15) is 0 Å². The van der Waals surface area contributed by atoms with E-state index in [0.29, 0.717) is 5.56 Å². The van der Waals surface area contributed by atoms with Crippen LogP contribution in [0.1, 0.15) is 18.9 Å². The molecular weight excluding hydrogens is 567 g/mol. The zero-order valence-corrected chi connectivity index (χ0v) is 23.4. The molecule has 0 spiro atoms. The van der Waals surface area contributed by atoms with Crippen molar-refractivity contribution in [1.82, 2.24) is 10.2 Å². The van der Waals surface area contributed by atoms with E-state index >= 15 is 0 Å². The number of halogens is 2. The molecule has 0 aromatic heterocycles. The Labute approximate surface area is 236 Å². The molecule has 0 saturated carbocycles. The first kappa shape index (κ1) is 29.9. The molecule has 0 bridgehead atoms. The number of sulfonamides is 1. The molecule has 2 amide bonds. The minimum atomic E-state index is -4.36. The van der Waals surface area contributed by atoms with Crippen LogP contribution in [0.5, 0.6) is 0 Å². The maximum absolute atomic E-state index is 13.9. The summed E-state index contributed by atoms with van der Waals surface area (Å²) in [5.74, 6) is -1.21. The van der Waals surface area contributed by atoms with E-state index in [1.165, 1.54) is 54.4 Å². The van der Waals surface area contributed by atoms with Crippen LogP contribution < -0.4 is 9.62 Å². The Morgan fingerprint density at radius 3 is 2.18 bits per heavy atom. The maximum atomic E-state index is 13.9. The first-order valence-corrected chi connectivity index (χ1v) is 14.0. The summed E-state index contributed by atoms with van der Waals surface area (Å²) in [5.41, 5.74) is -0.0702. The Balaban J connectivity index is 2.13. The van der Waals surface area contributed by atoms with E-state index in [2.05, 4.69) is 5.32 Å². The summed E-state index contributed by atoms with van der Waals surface area (Å²) in [7, 11) is -2.94. The van der Waals surface area contributed by atoms with E-state index in [0.717, 1.165) is 10.4 Å². The topological polar surface area (TPSA) is 130 Å². The van der Waals surface area contributed by atoms with Crippen LogP contribution in [0.25, 0.3) is 0 Å². The smallest absolute Gasteiger partial charge is 0.271 e. The lowest BCUT2D eigenvalue weighted by Gasteiger charge is -2.33. The molecule has 3 rings (SSSR count). The van der Waals surface area contributed by atoms with Crippen LogP contribution in [0, 0.1) is 10.1 Å². The third-order valence-electron chi connectivity index (χ3n) is 5.96. The van der Waals surface area contributed by atoms with Crippen LogP contribution in [0.3, 0.4) is 0 Å². The summed E-state index contributed by atoms with van der Waals surface area (Å²) in [4.78, 5) is 38.5. The van der Waals surface area contributed by atoms with Crippen LogP contribution in [-0.4, -0.2) is 49.7 Å². The number of nitro benzene ring substituents is 1. The van der Waals surface area contributed by atoms with Gasteiger partial charge in [0.1, 0.15) is 12.6 Å². The molecule has 0 aliphatic carbocycles. The molecule has 13 heteroatoms. The summed E-state index contributed by atoms with van der Waals surface area (Å²) in [6, 6.07) is 16.1. The van der Waals surface area contributed by atoms with Gasteiger partial charge >= 0.3 is 0 Å². The highest BCUT2D eigenvalue weighted by molar-refractivity contribution is 7.92. The summed E-state index contributed by atoms with van der Waals surface area (Å²) >= 11 is 12.7. The Morgan fingerprint density at radius 2 is 1.62 bits per heavy atom. The average Bonchev–Trinajstić information content (AvgIpc) is 2.93. The SMILES string of the molecule is CCC(C(=O)NC)N(Cc1c(Cl)cccc1Cl)C(=O)CN(c1cccc([N+](=O)[O-])c1)S(=O)(=O)c1ccccc1. The molecule has 0 fully saturated rings. The molecule has 1 unspecified atom stereocenters. The normalized spacial score (nSPS) is 11.9. The highest BCUT2D eigenvalue weighted by atomic mass is 35.5. The van der Waals surface area contributed by atoms with Crippen molar-refractivity contribution in [3.8, 4) is 0 Å². The van der Waals surface area contributed by atoms with Crippen molar-refractivity contribution in [2.24, 2.45) is 0 Å². The Bertz CT molecular complexity index is 1450. The van der Waals surface area contributed by atoms with Gasteiger partial charge < -0.3 is 10.2 Å². The van der Waals surface area contributed by atoms with Crippen molar-refractivity contribution < 1.29 is 22.9 Å². The van der Waals surface area contributed by atoms with Crippen molar-refractivity contribution in [2.45, 2.75) is 30.8 Å². The van der Waals surface area contributed by atoms with E-state index in [-0.39, 0.29) is 39.3 Å². The number of hydrogen-bond acceptors (Lipinski definition) is 6. The number of benzene rings is 3. The lowest BCUT2D eigenvalue weighted by Crippen LogP contribution is -2.51. The zero-order valence-electron chi connectivity index (χ0n) is 21.1. The molecule has 0 aliphatic rings. The number of nitro groups is 1. The van der Waals surface area contributed by atoms with Gasteiger partial charge in [0.05, 0.1) is 15.5 Å². The van der Waals surface area contributed by atoms with Gasteiger partial charge in [-0.05, 0) is 36.8 Å². The molecule has 0 heterocycles. The molecule has 1 atom stereocenters. The molecule has 39 heavy (non-hydrogen) atoms. The van der Waals surface area contributed by atoms with Crippen LogP contribution in [0.15, 0.2) is 77.7 Å². The summed E-state index contributed by atoms with van der Waals surface area (Å²) in [6.45, 7) is 0.763. The maximum Gasteiger partial charge on any atom is 0.271 e. The summed E-state index contributed by atoms with van der Waals surface area (Å²) in [5, 5.41) is 14.5. The second-order valence-corrected chi connectivity index (χ2v) is 11.0. The number of anilines is 1. The lowest BCUT2D eigenvalue weighted by atomic mass is 10.1.